The number of hydrogen-bond donors (Lipinski definition) is 1. The lowest BCUT2D eigenvalue weighted by molar-refractivity contribution is -0.140. The SMILES string of the molecule is CC(C)(C)C(=O)N1CCC(NC2CCN(CC3CCCC3)C2)CC1. The van der Waals surface area contributed by atoms with E-state index in [1.807, 2.05) is 20.8 Å². The number of amides is 1. The van der Waals surface area contributed by atoms with Crippen LogP contribution in [0.4, 0.5) is 0 Å². The molecule has 3 aliphatic rings. The van der Waals surface area contributed by atoms with Crippen molar-refractivity contribution < 1.29 is 4.79 Å². The summed E-state index contributed by atoms with van der Waals surface area (Å²) in [6.45, 7) is 11.8. The number of carbonyl (C=O) groups excluding carboxylic acids is 1. The van der Waals surface area contributed by atoms with Gasteiger partial charge in [0.05, 0.1) is 0 Å². The van der Waals surface area contributed by atoms with Crippen LogP contribution in [0, 0.1) is 11.3 Å². The van der Waals surface area contributed by atoms with Crippen molar-refractivity contribution in [3.05, 3.63) is 0 Å². The molecule has 2 aliphatic heterocycles. The van der Waals surface area contributed by atoms with Crippen LogP contribution in [0.15, 0.2) is 0 Å². The highest BCUT2D eigenvalue weighted by molar-refractivity contribution is 5.81. The zero-order valence-electron chi connectivity index (χ0n) is 16.0. The Labute approximate surface area is 148 Å². The smallest absolute Gasteiger partial charge is 0.227 e. The first-order chi connectivity index (χ1) is 11.4. The fraction of sp³-hybridized carbons (Fsp3) is 0.950. The van der Waals surface area contributed by atoms with E-state index in [1.54, 1.807) is 0 Å². The maximum Gasteiger partial charge on any atom is 0.227 e. The minimum atomic E-state index is -0.244. The fourth-order valence-corrected chi connectivity index (χ4v) is 4.75. The fourth-order valence-electron chi connectivity index (χ4n) is 4.75. The molecule has 1 saturated carbocycles. The first-order valence-electron chi connectivity index (χ1n) is 10.2. The average molecular weight is 336 g/mol. The van der Waals surface area contributed by atoms with E-state index in [9.17, 15) is 4.79 Å². The molecule has 1 amide bonds. The highest BCUT2D eigenvalue weighted by Gasteiger charge is 2.32. The van der Waals surface area contributed by atoms with Gasteiger partial charge in [0.2, 0.25) is 5.91 Å². The van der Waals surface area contributed by atoms with Gasteiger partial charge in [0.1, 0.15) is 0 Å². The third-order valence-electron chi connectivity index (χ3n) is 6.16. The predicted molar refractivity (Wildman–Crippen MR) is 99.0 cm³/mol. The van der Waals surface area contributed by atoms with Crippen LogP contribution in [0.1, 0.15) is 65.7 Å². The lowest BCUT2D eigenvalue weighted by Crippen LogP contribution is -2.50. The van der Waals surface area contributed by atoms with Gasteiger partial charge >= 0.3 is 0 Å². The molecule has 1 N–H and O–H groups in total. The van der Waals surface area contributed by atoms with Gasteiger partial charge in [-0.15, -0.1) is 0 Å². The van der Waals surface area contributed by atoms with Gasteiger partial charge in [-0.25, -0.2) is 0 Å². The number of rotatable bonds is 4. The van der Waals surface area contributed by atoms with E-state index in [0.29, 0.717) is 18.0 Å². The van der Waals surface area contributed by atoms with E-state index in [-0.39, 0.29) is 5.41 Å². The molecular formula is C20H37N3O. The monoisotopic (exact) mass is 335 g/mol. The summed E-state index contributed by atoms with van der Waals surface area (Å²) in [6, 6.07) is 1.27. The summed E-state index contributed by atoms with van der Waals surface area (Å²) >= 11 is 0. The second kappa shape index (κ2) is 7.74. The summed E-state index contributed by atoms with van der Waals surface area (Å²) in [5, 5.41) is 3.89. The molecule has 3 rings (SSSR count). The van der Waals surface area contributed by atoms with E-state index in [1.165, 1.54) is 51.7 Å². The minimum Gasteiger partial charge on any atom is -0.342 e. The van der Waals surface area contributed by atoms with Crippen LogP contribution in [-0.2, 0) is 4.79 Å². The van der Waals surface area contributed by atoms with Crippen molar-refractivity contribution >= 4 is 5.91 Å². The number of likely N-dealkylation sites (tertiary alicyclic amines) is 2. The van der Waals surface area contributed by atoms with E-state index < -0.39 is 0 Å². The van der Waals surface area contributed by atoms with Crippen molar-refractivity contribution in [2.75, 3.05) is 32.7 Å². The highest BCUT2D eigenvalue weighted by Crippen LogP contribution is 2.27. The Kier molecular flexibility index (Phi) is 5.86. The number of nitrogens with zero attached hydrogens (tertiary/aromatic N) is 2. The first-order valence-corrected chi connectivity index (χ1v) is 10.2. The lowest BCUT2D eigenvalue weighted by Gasteiger charge is -2.37. The molecule has 1 aliphatic carbocycles. The summed E-state index contributed by atoms with van der Waals surface area (Å²) in [5.41, 5.74) is -0.244. The zero-order valence-corrected chi connectivity index (χ0v) is 16.0. The largest absolute Gasteiger partial charge is 0.342 e. The number of carbonyl (C=O) groups is 1. The van der Waals surface area contributed by atoms with Crippen LogP contribution in [0.5, 0.6) is 0 Å². The molecule has 138 valence electrons. The summed E-state index contributed by atoms with van der Waals surface area (Å²) < 4.78 is 0. The van der Waals surface area contributed by atoms with E-state index in [2.05, 4.69) is 15.1 Å². The van der Waals surface area contributed by atoms with Gasteiger partial charge in [-0.05, 0) is 44.6 Å². The molecular weight excluding hydrogens is 298 g/mol. The van der Waals surface area contributed by atoms with Crippen molar-refractivity contribution in [1.29, 1.82) is 0 Å². The maximum absolute atomic E-state index is 12.4. The van der Waals surface area contributed by atoms with Crippen molar-refractivity contribution in [2.45, 2.75) is 77.8 Å². The Morgan fingerprint density at radius 2 is 1.58 bits per heavy atom. The Balaban J connectivity index is 1.37. The number of piperidine rings is 1. The van der Waals surface area contributed by atoms with Gasteiger partial charge in [0, 0.05) is 43.7 Å². The van der Waals surface area contributed by atoms with Crippen LogP contribution >= 0.6 is 0 Å². The van der Waals surface area contributed by atoms with Gasteiger partial charge < -0.3 is 15.1 Å². The van der Waals surface area contributed by atoms with Gasteiger partial charge in [-0.3, -0.25) is 4.79 Å². The number of nitrogens with one attached hydrogen (secondary N) is 1. The molecule has 1 unspecified atom stereocenters. The molecule has 3 fully saturated rings. The third-order valence-corrected chi connectivity index (χ3v) is 6.16. The molecule has 0 aromatic rings. The standard InChI is InChI=1S/C20H37N3O/c1-20(2,3)19(24)23-12-9-17(10-13-23)21-18-8-11-22(15-18)14-16-6-4-5-7-16/h16-18,21H,4-15H2,1-3H3. The Morgan fingerprint density at radius 3 is 2.21 bits per heavy atom. The maximum atomic E-state index is 12.4. The molecule has 4 heteroatoms. The normalized spacial score (nSPS) is 28.0. The highest BCUT2D eigenvalue weighted by atomic mass is 16.2. The summed E-state index contributed by atoms with van der Waals surface area (Å²) in [7, 11) is 0. The number of hydrogen-bond acceptors (Lipinski definition) is 3. The Morgan fingerprint density at radius 1 is 0.958 bits per heavy atom. The predicted octanol–water partition coefficient (Wildman–Crippen LogP) is 2.88. The topological polar surface area (TPSA) is 35.6 Å². The van der Waals surface area contributed by atoms with Gasteiger partial charge in [-0.1, -0.05) is 33.6 Å². The molecule has 1 atom stereocenters. The lowest BCUT2D eigenvalue weighted by atomic mass is 9.93. The molecule has 24 heavy (non-hydrogen) atoms. The average Bonchev–Trinajstić information content (AvgIpc) is 3.19. The van der Waals surface area contributed by atoms with Crippen LogP contribution < -0.4 is 5.32 Å². The molecule has 2 heterocycles. The molecule has 0 aromatic heterocycles. The van der Waals surface area contributed by atoms with Gasteiger partial charge in [0.25, 0.3) is 0 Å². The van der Waals surface area contributed by atoms with Gasteiger partial charge in [0.15, 0.2) is 0 Å². The summed E-state index contributed by atoms with van der Waals surface area (Å²) in [4.78, 5) is 17.1. The van der Waals surface area contributed by atoms with E-state index >= 15 is 0 Å². The second-order valence-corrected chi connectivity index (χ2v) is 9.38. The van der Waals surface area contributed by atoms with E-state index in [4.69, 9.17) is 0 Å². The Bertz CT molecular complexity index is 417. The molecule has 2 saturated heterocycles. The second-order valence-electron chi connectivity index (χ2n) is 9.38. The quantitative estimate of drug-likeness (QED) is 0.858. The van der Waals surface area contributed by atoms with Crippen molar-refractivity contribution in [1.82, 2.24) is 15.1 Å². The Hall–Kier alpha value is -0.610. The third kappa shape index (κ3) is 4.72. The van der Waals surface area contributed by atoms with Crippen LogP contribution in [0.3, 0.4) is 0 Å². The van der Waals surface area contributed by atoms with Crippen molar-refractivity contribution in [2.24, 2.45) is 11.3 Å². The summed E-state index contributed by atoms with van der Waals surface area (Å²) in [5.74, 6) is 1.28. The molecule has 0 spiro atoms. The molecule has 0 radical (unpaired) electrons. The van der Waals surface area contributed by atoms with Gasteiger partial charge in [-0.2, -0.15) is 0 Å². The first kappa shape index (κ1) is 18.2. The van der Waals surface area contributed by atoms with Crippen LogP contribution in [-0.4, -0.2) is 60.5 Å². The van der Waals surface area contributed by atoms with Crippen molar-refractivity contribution in [3.8, 4) is 0 Å². The summed E-state index contributed by atoms with van der Waals surface area (Å²) in [6.07, 6.45) is 9.33. The minimum absolute atomic E-state index is 0.244. The molecule has 4 nitrogen and oxygen atoms in total. The molecule has 0 aromatic carbocycles. The van der Waals surface area contributed by atoms with Crippen molar-refractivity contribution in [3.63, 3.8) is 0 Å². The van der Waals surface area contributed by atoms with Crippen LogP contribution in [0.2, 0.25) is 0 Å². The van der Waals surface area contributed by atoms with Crippen LogP contribution in [0.25, 0.3) is 0 Å². The van der Waals surface area contributed by atoms with E-state index in [0.717, 1.165) is 31.8 Å². The zero-order chi connectivity index (χ0) is 17.2. The molecule has 0 bridgehead atoms.